The molecule has 0 aliphatic carbocycles. The zero-order chi connectivity index (χ0) is 19.8. The molecular formula is C18H16ClF3N4O. The maximum atomic E-state index is 12.7. The fourth-order valence-electron chi connectivity index (χ4n) is 2.52. The number of carbonyl (C=O) groups is 1. The molecule has 0 bridgehead atoms. The summed E-state index contributed by atoms with van der Waals surface area (Å²) >= 11 is 6.22. The molecular weight excluding hydrogens is 381 g/mol. The van der Waals surface area contributed by atoms with Crippen molar-refractivity contribution in [1.82, 2.24) is 14.8 Å². The molecule has 0 saturated carbocycles. The number of amides is 1. The molecule has 0 saturated heterocycles. The Hall–Kier alpha value is -2.61. The van der Waals surface area contributed by atoms with Crippen LogP contribution in [0.2, 0.25) is 5.02 Å². The Balaban J connectivity index is 1.97. The Bertz CT molecular complexity index is 981. The number of nitrogens with one attached hydrogen (secondary N) is 1. The summed E-state index contributed by atoms with van der Waals surface area (Å²) in [4.78, 5) is 16.1. The second-order valence-corrected chi connectivity index (χ2v) is 6.77. The Morgan fingerprint density at radius 2 is 1.89 bits per heavy atom. The number of rotatable bonds is 4. The van der Waals surface area contributed by atoms with Crippen molar-refractivity contribution >= 4 is 34.2 Å². The van der Waals surface area contributed by atoms with Gasteiger partial charge in [-0.1, -0.05) is 37.6 Å². The molecule has 1 amide bonds. The molecule has 2 heterocycles. The van der Waals surface area contributed by atoms with Crippen molar-refractivity contribution in [2.75, 3.05) is 5.32 Å². The molecule has 0 fully saturated rings. The third-order valence-corrected chi connectivity index (χ3v) is 4.28. The average Bonchev–Trinajstić information content (AvgIpc) is 2.93. The van der Waals surface area contributed by atoms with E-state index in [4.69, 9.17) is 11.6 Å². The number of carbonyl (C=O) groups excluding carboxylic acids is 1. The fourth-order valence-corrected chi connectivity index (χ4v) is 2.76. The maximum absolute atomic E-state index is 12.7. The highest BCUT2D eigenvalue weighted by atomic mass is 35.5. The van der Waals surface area contributed by atoms with E-state index in [1.54, 1.807) is 24.7 Å². The SMILES string of the molecule is CC(C)C(=O)Nc1nn(Cc2ccc(C(F)(F)F)cc2)c2cncc(Cl)c12. The van der Waals surface area contributed by atoms with Crippen LogP contribution in [0.3, 0.4) is 0 Å². The van der Waals surface area contributed by atoms with E-state index in [1.807, 2.05) is 0 Å². The number of hydrogen-bond donors (Lipinski definition) is 1. The first-order valence-electron chi connectivity index (χ1n) is 8.14. The smallest absolute Gasteiger partial charge is 0.308 e. The van der Waals surface area contributed by atoms with E-state index in [2.05, 4.69) is 15.4 Å². The maximum Gasteiger partial charge on any atom is 0.416 e. The van der Waals surface area contributed by atoms with Crippen molar-refractivity contribution in [3.63, 3.8) is 0 Å². The average molecular weight is 397 g/mol. The Kier molecular flexibility index (Phi) is 5.10. The topological polar surface area (TPSA) is 59.8 Å². The summed E-state index contributed by atoms with van der Waals surface area (Å²) in [6.07, 6.45) is -1.40. The molecule has 1 N–H and O–H groups in total. The predicted octanol–water partition coefficient (Wildman–Crippen LogP) is 4.75. The van der Waals surface area contributed by atoms with E-state index in [1.165, 1.54) is 18.3 Å². The summed E-state index contributed by atoms with van der Waals surface area (Å²) in [6.45, 7) is 3.70. The van der Waals surface area contributed by atoms with Gasteiger partial charge in [0.2, 0.25) is 5.91 Å². The molecule has 0 unspecified atom stereocenters. The van der Waals surface area contributed by atoms with Crippen molar-refractivity contribution in [1.29, 1.82) is 0 Å². The van der Waals surface area contributed by atoms with Crippen LogP contribution in [0.4, 0.5) is 19.0 Å². The fraction of sp³-hybridized carbons (Fsp3) is 0.278. The number of pyridine rings is 1. The molecule has 1 aromatic carbocycles. The third kappa shape index (κ3) is 4.05. The second-order valence-electron chi connectivity index (χ2n) is 6.36. The number of nitrogens with zero attached hydrogens (tertiary/aromatic N) is 3. The molecule has 2 aromatic heterocycles. The summed E-state index contributed by atoms with van der Waals surface area (Å²) in [6, 6.07) is 4.82. The summed E-state index contributed by atoms with van der Waals surface area (Å²) in [5.74, 6) is -0.173. The van der Waals surface area contributed by atoms with Crippen LogP contribution in [0.25, 0.3) is 10.9 Å². The van der Waals surface area contributed by atoms with Crippen molar-refractivity contribution < 1.29 is 18.0 Å². The van der Waals surface area contributed by atoms with Crippen LogP contribution in [0.5, 0.6) is 0 Å². The van der Waals surface area contributed by atoms with Gasteiger partial charge >= 0.3 is 6.18 Å². The largest absolute Gasteiger partial charge is 0.416 e. The van der Waals surface area contributed by atoms with E-state index < -0.39 is 11.7 Å². The summed E-state index contributed by atoms with van der Waals surface area (Å²) in [5, 5.41) is 7.96. The molecule has 0 radical (unpaired) electrons. The number of aromatic nitrogens is 3. The van der Waals surface area contributed by atoms with Gasteiger partial charge in [0.25, 0.3) is 0 Å². The van der Waals surface area contributed by atoms with Crippen LogP contribution < -0.4 is 5.32 Å². The van der Waals surface area contributed by atoms with Crippen LogP contribution in [0, 0.1) is 5.92 Å². The molecule has 3 aromatic rings. The zero-order valence-electron chi connectivity index (χ0n) is 14.5. The molecule has 27 heavy (non-hydrogen) atoms. The minimum Gasteiger partial charge on any atom is -0.308 e. The van der Waals surface area contributed by atoms with Gasteiger partial charge in [0.05, 0.1) is 34.2 Å². The number of alkyl halides is 3. The molecule has 142 valence electrons. The van der Waals surface area contributed by atoms with Gasteiger partial charge in [0, 0.05) is 12.1 Å². The number of anilines is 1. The van der Waals surface area contributed by atoms with Crippen molar-refractivity contribution in [3.8, 4) is 0 Å². The van der Waals surface area contributed by atoms with Gasteiger partial charge in [-0.05, 0) is 17.7 Å². The van der Waals surface area contributed by atoms with Crippen LogP contribution in [0.1, 0.15) is 25.0 Å². The van der Waals surface area contributed by atoms with Crippen molar-refractivity contribution in [2.24, 2.45) is 5.92 Å². The second kappa shape index (κ2) is 7.19. The van der Waals surface area contributed by atoms with Gasteiger partial charge < -0.3 is 5.32 Å². The standard InChI is InChI=1S/C18H16ClF3N4O/c1-10(2)17(27)24-16-15-13(19)7-23-8-14(15)26(25-16)9-11-3-5-12(6-4-11)18(20,21)22/h3-8,10H,9H2,1-2H3,(H,24,25,27). The van der Waals surface area contributed by atoms with Crippen molar-refractivity contribution in [2.45, 2.75) is 26.6 Å². The number of halogens is 4. The van der Waals surface area contributed by atoms with Crippen LogP contribution in [-0.2, 0) is 17.5 Å². The van der Waals surface area contributed by atoms with Crippen LogP contribution in [0.15, 0.2) is 36.7 Å². The highest BCUT2D eigenvalue weighted by molar-refractivity contribution is 6.36. The first-order chi connectivity index (χ1) is 12.7. The lowest BCUT2D eigenvalue weighted by atomic mass is 10.1. The Morgan fingerprint density at radius 1 is 1.22 bits per heavy atom. The van der Waals surface area contributed by atoms with Crippen molar-refractivity contribution in [3.05, 3.63) is 52.8 Å². The number of hydrogen-bond acceptors (Lipinski definition) is 3. The summed E-state index contributed by atoms with van der Waals surface area (Å²) in [7, 11) is 0. The van der Waals surface area contributed by atoms with Gasteiger partial charge in [0.15, 0.2) is 5.82 Å². The first-order valence-corrected chi connectivity index (χ1v) is 8.51. The lowest BCUT2D eigenvalue weighted by molar-refractivity contribution is -0.137. The predicted molar refractivity (Wildman–Crippen MR) is 96.6 cm³/mol. The zero-order valence-corrected chi connectivity index (χ0v) is 15.3. The van der Waals surface area contributed by atoms with Gasteiger partial charge in [-0.2, -0.15) is 18.3 Å². The molecule has 0 spiro atoms. The van der Waals surface area contributed by atoms with Gasteiger partial charge in [-0.3, -0.25) is 14.5 Å². The lowest BCUT2D eigenvalue weighted by Crippen LogP contribution is -2.18. The summed E-state index contributed by atoms with van der Waals surface area (Å²) in [5.41, 5.74) is 0.474. The quantitative estimate of drug-likeness (QED) is 0.692. The van der Waals surface area contributed by atoms with E-state index in [9.17, 15) is 18.0 Å². The van der Waals surface area contributed by atoms with Gasteiger partial charge in [-0.25, -0.2) is 0 Å². The van der Waals surface area contributed by atoms with E-state index in [0.717, 1.165) is 12.1 Å². The monoisotopic (exact) mass is 396 g/mol. The molecule has 5 nitrogen and oxygen atoms in total. The van der Waals surface area contributed by atoms with Gasteiger partial charge in [0.1, 0.15) is 0 Å². The van der Waals surface area contributed by atoms with E-state index >= 15 is 0 Å². The first kappa shape index (κ1) is 19.2. The summed E-state index contributed by atoms with van der Waals surface area (Å²) < 4.78 is 39.7. The molecule has 3 rings (SSSR count). The highest BCUT2D eigenvalue weighted by Crippen LogP contribution is 2.31. The minimum absolute atomic E-state index is 0.203. The van der Waals surface area contributed by atoms with Crippen LogP contribution >= 0.6 is 11.6 Å². The Morgan fingerprint density at radius 3 is 2.48 bits per heavy atom. The van der Waals surface area contributed by atoms with Gasteiger partial charge in [-0.15, -0.1) is 0 Å². The number of benzene rings is 1. The normalized spacial score (nSPS) is 12.0. The number of fused-ring (bicyclic) bond motifs is 1. The van der Waals surface area contributed by atoms with Crippen LogP contribution in [-0.4, -0.2) is 20.7 Å². The van der Waals surface area contributed by atoms with E-state index in [0.29, 0.717) is 27.3 Å². The molecule has 0 atom stereocenters. The third-order valence-electron chi connectivity index (χ3n) is 3.99. The molecule has 0 aliphatic rings. The highest BCUT2D eigenvalue weighted by Gasteiger charge is 2.30. The lowest BCUT2D eigenvalue weighted by Gasteiger charge is -2.08. The van der Waals surface area contributed by atoms with E-state index in [-0.39, 0.29) is 18.4 Å². The molecule has 0 aliphatic heterocycles. The minimum atomic E-state index is -4.39. The Labute approximate surface area is 158 Å². The molecule has 9 heteroatoms.